The second kappa shape index (κ2) is 9.95. The average molecular weight is 467 g/mol. The molecule has 2 aromatic rings. The number of hydrogen-bond donors (Lipinski definition) is 2. The third-order valence-corrected chi connectivity index (χ3v) is 6.20. The topological polar surface area (TPSA) is 92.3 Å². The van der Waals surface area contributed by atoms with E-state index in [2.05, 4.69) is 26.0 Å². The van der Waals surface area contributed by atoms with Crippen molar-refractivity contribution in [2.75, 3.05) is 6.54 Å². The molecule has 0 heterocycles. The number of benzene rings is 2. The van der Waals surface area contributed by atoms with E-state index in [0.717, 1.165) is 16.5 Å². The Morgan fingerprint density at radius 1 is 1.11 bits per heavy atom. The standard InChI is InChI=1S/C20H23BrN2O4S/c1-3-19(15-7-9-17(21)10-8-15)23-20(25)11-12-22-28(26,27)18-6-4-5-16(13-18)14(2)24/h4-10,13,19,22H,3,11-12H2,1-2H3,(H,23,25)/t19-/m1/s1. The molecule has 1 atom stereocenters. The van der Waals surface area contributed by atoms with Crippen LogP contribution in [0.1, 0.15) is 48.7 Å². The van der Waals surface area contributed by atoms with E-state index in [1.807, 2.05) is 31.2 Å². The molecule has 0 saturated heterocycles. The van der Waals surface area contributed by atoms with Crippen molar-refractivity contribution >= 4 is 37.6 Å². The van der Waals surface area contributed by atoms with Crippen molar-refractivity contribution in [1.82, 2.24) is 10.0 Å². The Morgan fingerprint density at radius 3 is 2.39 bits per heavy atom. The van der Waals surface area contributed by atoms with Gasteiger partial charge in [0.25, 0.3) is 0 Å². The quantitative estimate of drug-likeness (QED) is 0.552. The predicted molar refractivity (Wildman–Crippen MR) is 112 cm³/mol. The number of rotatable bonds is 9. The third kappa shape index (κ3) is 6.25. The van der Waals surface area contributed by atoms with E-state index in [1.54, 1.807) is 6.07 Å². The molecule has 0 saturated carbocycles. The summed E-state index contributed by atoms with van der Waals surface area (Å²) in [6, 6.07) is 13.4. The zero-order valence-electron chi connectivity index (χ0n) is 15.7. The van der Waals surface area contributed by atoms with Crippen LogP contribution >= 0.6 is 15.9 Å². The molecule has 28 heavy (non-hydrogen) atoms. The summed E-state index contributed by atoms with van der Waals surface area (Å²) in [6.45, 7) is 3.31. The van der Waals surface area contributed by atoms with Gasteiger partial charge in [-0.15, -0.1) is 0 Å². The van der Waals surface area contributed by atoms with Crippen molar-refractivity contribution in [3.8, 4) is 0 Å². The summed E-state index contributed by atoms with van der Waals surface area (Å²) in [4.78, 5) is 23.6. The number of carbonyl (C=O) groups is 2. The molecule has 6 nitrogen and oxygen atoms in total. The van der Waals surface area contributed by atoms with Crippen molar-refractivity contribution in [2.45, 2.75) is 37.6 Å². The summed E-state index contributed by atoms with van der Waals surface area (Å²) < 4.78 is 28.1. The highest BCUT2D eigenvalue weighted by atomic mass is 79.9. The summed E-state index contributed by atoms with van der Waals surface area (Å²) in [7, 11) is -3.79. The Hall–Kier alpha value is -2.03. The van der Waals surface area contributed by atoms with E-state index in [4.69, 9.17) is 0 Å². The Morgan fingerprint density at radius 2 is 1.79 bits per heavy atom. The normalized spacial score (nSPS) is 12.4. The first-order chi connectivity index (χ1) is 13.2. The SMILES string of the molecule is CC[C@@H](NC(=O)CCNS(=O)(=O)c1cccc(C(C)=O)c1)c1ccc(Br)cc1. The molecule has 2 aromatic carbocycles. The number of ketones is 1. The van der Waals surface area contributed by atoms with Gasteiger partial charge in [-0.25, -0.2) is 13.1 Å². The van der Waals surface area contributed by atoms with Crippen molar-refractivity contribution in [2.24, 2.45) is 0 Å². The predicted octanol–water partition coefficient (Wildman–Crippen LogP) is 3.59. The van der Waals surface area contributed by atoms with Gasteiger partial charge >= 0.3 is 0 Å². The molecule has 0 aliphatic carbocycles. The van der Waals surface area contributed by atoms with Crippen molar-refractivity contribution in [3.05, 3.63) is 64.1 Å². The van der Waals surface area contributed by atoms with E-state index >= 15 is 0 Å². The van der Waals surface area contributed by atoms with Crippen molar-refractivity contribution in [1.29, 1.82) is 0 Å². The Labute approximate surface area is 173 Å². The van der Waals surface area contributed by atoms with Gasteiger partial charge in [-0.05, 0) is 43.2 Å². The third-order valence-electron chi connectivity index (χ3n) is 4.21. The minimum Gasteiger partial charge on any atom is -0.349 e. The number of carbonyl (C=O) groups excluding carboxylic acids is 2. The first-order valence-electron chi connectivity index (χ1n) is 8.88. The van der Waals surface area contributed by atoms with Crippen LogP contribution < -0.4 is 10.0 Å². The minimum absolute atomic E-state index is 0.00176. The van der Waals surface area contributed by atoms with Gasteiger partial charge in [0.05, 0.1) is 10.9 Å². The van der Waals surface area contributed by atoms with E-state index in [1.165, 1.54) is 25.1 Å². The molecular formula is C20H23BrN2O4S. The number of amides is 1. The van der Waals surface area contributed by atoms with Crippen LogP contribution in [0.15, 0.2) is 57.9 Å². The Balaban J connectivity index is 1.92. The highest BCUT2D eigenvalue weighted by molar-refractivity contribution is 9.10. The van der Waals surface area contributed by atoms with Gasteiger partial charge in [0.15, 0.2) is 5.78 Å². The van der Waals surface area contributed by atoms with Crippen molar-refractivity contribution < 1.29 is 18.0 Å². The summed E-state index contributed by atoms with van der Waals surface area (Å²) in [6.07, 6.45) is 0.732. The largest absolute Gasteiger partial charge is 0.349 e. The molecule has 8 heteroatoms. The van der Waals surface area contributed by atoms with Crippen molar-refractivity contribution in [3.63, 3.8) is 0 Å². The molecule has 0 aromatic heterocycles. The van der Waals surface area contributed by atoms with Gasteiger partial charge in [-0.1, -0.05) is 47.1 Å². The molecule has 150 valence electrons. The maximum Gasteiger partial charge on any atom is 0.240 e. The fourth-order valence-electron chi connectivity index (χ4n) is 2.65. The zero-order valence-corrected chi connectivity index (χ0v) is 18.1. The molecule has 0 fully saturated rings. The van der Waals surface area contributed by atoms with Crippen LogP contribution in [0.3, 0.4) is 0 Å². The van der Waals surface area contributed by atoms with E-state index in [-0.39, 0.29) is 35.6 Å². The fraction of sp³-hybridized carbons (Fsp3) is 0.300. The van der Waals surface area contributed by atoms with Gasteiger partial charge in [-0.3, -0.25) is 9.59 Å². The lowest BCUT2D eigenvalue weighted by atomic mass is 10.0. The molecule has 0 radical (unpaired) electrons. The first kappa shape index (κ1) is 22.3. The second-order valence-corrected chi connectivity index (χ2v) is 8.99. The molecule has 0 aliphatic heterocycles. The van der Waals surface area contributed by atoms with Crippen LogP contribution in [0.25, 0.3) is 0 Å². The van der Waals surface area contributed by atoms with Crippen LogP contribution in [0, 0.1) is 0 Å². The van der Waals surface area contributed by atoms with E-state index < -0.39 is 10.0 Å². The highest BCUT2D eigenvalue weighted by Gasteiger charge is 2.17. The summed E-state index contributed by atoms with van der Waals surface area (Å²) in [5, 5.41) is 2.92. The number of sulfonamides is 1. The number of halogens is 1. The number of hydrogen-bond acceptors (Lipinski definition) is 4. The molecule has 1 amide bonds. The monoisotopic (exact) mass is 466 g/mol. The minimum atomic E-state index is -3.79. The number of Topliss-reactive ketones (excluding diaryl/α,β-unsaturated/α-hetero) is 1. The summed E-state index contributed by atoms with van der Waals surface area (Å²) in [5.41, 5.74) is 1.31. The molecule has 0 aliphatic rings. The lowest BCUT2D eigenvalue weighted by molar-refractivity contribution is -0.121. The van der Waals surface area contributed by atoms with Gasteiger partial charge in [0.1, 0.15) is 0 Å². The fourth-order valence-corrected chi connectivity index (χ4v) is 3.99. The Kier molecular flexibility index (Phi) is 7.91. The highest BCUT2D eigenvalue weighted by Crippen LogP contribution is 2.19. The van der Waals surface area contributed by atoms with E-state index in [9.17, 15) is 18.0 Å². The van der Waals surface area contributed by atoms with Crippen LogP contribution in [-0.4, -0.2) is 26.7 Å². The van der Waals surface area contributed by atoms with Crippen LogP contribution in [-0.2, 0) is 14.8 Å². The molecular weight excluding hydrogens is 444 g/mol. The lowest BCUT2D eigenvalue weighted by Crippen LogP contribution is -2.32. The summed E-state index contributed by atoms with van der Waals surface area (Å²) in [5.74, 6) is -0.454. The molecule has 0 bridgehead atoms. The van der Waals surface area contributed by atoms with Gasteiger partial charge in [0, 0.05) is 23.0 Å². The van der Waals surface area contributed by atoms with Crippen LogP contribution in [0.2, 0.25) is 0 Å². The lowest BCUT2D eigenvalue weighted by Gasteiger charge is -2.17. The van der Waals surface area contributed by atoms with Gasteiger partial charge in [0.2, 0.25) is 15.9 Å². The Bertz CT molecular complexity index is 943. The molecule has 2 N–H and O–H groups in total. The first-order valence-corrected chi connectivity index (χ1v) is 11.2. The summed E-state index contributed by atoms with van der Waals surface area (Å²) >= 11 is 3.38. The van der Waals surface area contributed by atoms with Gasteiger partial charge < -0.3 is 5.32 Å². The molecule has 0 spiro atoms. The van der Waals surface area contributed by atoms with Crippen LogP contribution in [0.4, 0.5) is 0 Å². The maximum atomic E-state index is 12.4. The average Bonchev–Trinajstić information content (AvgIpc) is 2.67. The smallest absolute Gasteiger partial charge is 0.240 e. The van der Waals surface area contributed by atoms with Crippen LogP contribution in [0.5, 0.6) is 0 Å². The van der Waals surface area contributed by atoms with Gasteiger partial charge in [-0.2, -0.15) is 0 Å². The zero-order chi connectivity index (χ0) is 20.7. The number of nitrogens with one attached hydrogen (secondary N) is 2. The maximum absolute atomic E-state index is 12.4. The van der Waals surface area contributed by atoms with E-state index in [0.29, 0.717) is 5.56 Å². The molecule has 0 unspecified atom stereocenters. The second-order valence-electron chi connectivity index (χ2n) is 6.31. The molecule has 2 rings (SSSR count).